The van der Waals surface area contributed by atoms with E-state index < -0.39 is 5.82 Å². The number of benzene rings is 2. The molecule has 0 radical (unpaired) electrons. The van der Waals surface area contributed by atoms with Crippen LogP contribution in [0.4, 0.5) is 4.39 Å². The summed E-state index contributed by atoms with van der Waals surface area (Å²) in [5.74, 6) is -0.0295. The van der Waals surface area contributed by atoms with E-state index >= 15 is 0 Å². The standard InChI is InChI=1S/C21H16ClFN4OS2/c22-16-8-2-1-7-15(16)20-25-26-21(27(20)18-10-4-3-9-17(18)23)30-13-19(28)24-12-14-6-5-11-29-14/h1-11H,12-13H2,(H,24,28). The number of rotatable bonds is 7. The highest BCUT2D eigenvalue weighted by Crippen LogP contribution is 2.32. The van der Waals surface area contributed by atoms with Gasteiger partial charge in [0.25, 0.3) is 0 Å². The lowest BCUT2D eigenvalue weighted by Gasteiger charge is -2.12. The Labute approximate surface area is 185 Å². The molecule has 1 N–H and O–H groups in total. The molecule has 0 aliphatic carbocycles. The van der Waals surface area contributed by atoms with Gasteiger partial charge in [-0.15, -0.1) is 21.5 Å². The van der Waals surface area contributed by atoms with E-state index in [1.54, 1.807) is 46.2 Å². The molecule has 0 aliphatic rings. The van der Waals surface area contributed by atoms with Crippen LogP contribution < -0.4 is 5.32 Å². The molecule has 5 nitrogen and oxygen atoms in total. The molecule has 4 aromatic rings. The molecule has 0 unspecified atom stereocenters. The Morgan fingerprint density at radius 2 is 1.90 bits per heavy atom. The van der Waals surface area contributed by atoms with Gasteiger partial charge in [0.1, 0.15) is 5.82 Å². The van der Waals surface area contributed by atoms with Crippen molar-refractivity contribution in [2.45, 2.75) is 11.7 Å². The second kappa shape index (κ2) is 9.42. The van der Waals surface area contributed by atoms with E-state index in [1.807, 2.05) is 29.6 Å². The third-order valence-electron chi connectivity index (χ3n) is 4.21. The topological polar surface area (TPSA) is 59.8 Å². The molecule has 0 aliphatic heterocycles. The van der Waals surface area contributed by atoms with Crippen LogP contribution in [0.2, 0.25) is 5.02 Å². The van der Waals surface area contributed by atoms with E-state index in [2.05, 4.69) is 15.5 Å². The number of hydrogen-bond donors (Lipinski definition) is 1. The highest BCUT2D eigenvalue weighted by atomic mass is 35.5. The summed E-state index contributed by atoms with van der Waals surface area (Å²) in [6, 6.07) is 17.4. The Kier molecular flexibility index (Phi) is 6.47. The quantitative estimate of drug-likeness (QED) is 0.387. The molecular formula is C21H16ClFN4OS2. The number of amides is 1. The van der Waals surface area contributed by atoms with Crippen molar-refractivity contribution in [3.63, 3.8) is 0 Å². The SMILES string of the molecule is O=C(CSc1nnc(-c2ccccc2Cl)n1-c1ccccc1F)NCc1cccs1. The minimum atomic E-state index is -0.422. The number of para-hydroxylation sites is 1. The Bertz CT molecular complexity index is 1160. The van der Waals surface area contributed by atoms with Gasteiger partial charge in [-0.25, -0.2) is 4.39 Å². The molecule has 2 aromatic carbocycles. The monoisotopic (exact) mass is 458 g/mol. The van der Waals surface area contributed by atoms with Crippen LogP contribution in [0, 0.1) is 5.82 Å². The van der Waals surface area contributed by atoms with Crippen LogP contribution >= 0.6 is 34.7 Å². The fourth-order valence-corrected chi connectivity index (χ4v) is 4.45. The van der Waals surface area contributed by atoms with Gasteiger partial charge in [-0.3, -0.25) is 9.36 Å². The van der Waals surface area contributed by atoms with Crippen molar-refractivity contribution < 1.29 is 9.18 Å². The molecule has 0 fully saturated rings. The number of thioether (sulfide) groups is 1. The Balaban J connectivity index is 1.61. The second-order valence-corrected chi connectivity index (χ2v) is 8.60. The molecule has 30 heavy (non-hydrogen) atoms. The van der Waals surface area contributed by atoms with Gasteiger partial charge < -0.3 is 5.32 Å². The summed E-state index contributed by atoms with van der Waals surface area (Å²) in [7, 11) is 0. The van der Waals surface area contributed by atoms with Gasteiger partial charge in [0.15, 0.2) is 11.0 Å². The van der Waals surface area contributed by atoms with Crippen molar-refractivity contribution in [3.05, 3.63) is 81.8 Å². The van der Waals surface area contributed by atoms with E-state index in [-0.39, 0.29) is 11.7 Å². The predicted octanol–water partition coefficient (Wildman–Crippen LogP) is 5.20. The van der Waals surface area contributed by atoms with E-state index in [9.17, 15) is 9.18 Å². The molecule has 152 valence electrons. The smallest absolute Gasteiger partial charge is 0.230 e. The highest BCUT2D eigenvalue weighted by molar-refractivity contribution is 7.99. The summed E-state index contributed by atoms with van der Waals surface area (Å²) >= 11 is 9.11. The van der Waals surface area contributed by atoms with Crippen LogP contribution in [0.25, 0.3) is 17.1 Å². The van der Waals surface area contributed by atoms with Gasteiger partial charge in [0.2, 0.25) is 5.91 Å². The Morgan fingerprint density at radius 1 is 1.10 bits per heavy atom. The number of aromatic nitrogens is 3. The predicted molar refractivity (Wildman–Crippen MR) is 119 cm³/mol. The normalized spacial score (nSPS) is 10.9. The van der Waals surface area contributed by atoms with Crippen LogP contribution in [-0.4, -0.2) is 26.4 Å². The maximum Gasteiger partial charge on any atom is 0.230 e. The fourth-order valence-electron chi connectivity index (χ4n) is 2.81. The lowest BCUT2D eigenvalue weighted by Crippen LogP contribution is -2.24. The molecule has 0 saturated heterocycles. The summed E-state index contributed by atoms with van der Waals surface area (Å²) in [6.45, 7) is 0.474. The van der Waals surface area contributed by atoms with Gasteiger partial charge in [0, 0.05) is 10.4 Å². The summed E-state index contributed by atoms with van der Waals surface area (Å²) in [5, 5.41) is 14.2. The zero-order valence-corrected chi connectivity index (χ0v) is 18.0. The van der Waals surface area contributed by atoms with E-state index in [0.717, 1.165) is 4.88 Å². The Morgan fingerprint density at radius 3 is 2.67 bits per heavy atom. The van der Waals surface area contributed by atoms with Crippen molar-refractivity contribution in [3.8, 4) is 17.1 Å². The third kappa shape index (κ3) is 4.56. The molecule has 2 heterocycles. The lowest BCUT2D eigenvalue weighted by molar-refractivity contribution is -0.118. The average Bonchev–Trinajstić information content (AvgIpc) is 3.41. The van der Waals surface area contributed by atoms with Crippen molar-refractivity contribution >= 4 is 40.6 Å². The molecule has 0 bridgehead atoms. The van der Waals surface area contributed by atoms with Crippen LogP contribution in [-0.2, 0) is 11.3 Å². The molecule has 4 rings (SSSR count). The van der Waals surface area contributed by atoms with Crippen LogP contribution in [0.5, 0.6) is 0 Å². The van der Waals surface area contributed by atoms with Crippen molar-refractivity contribution in [1.29, 1.82) is 0 Å². The maximum absolute atomic E-state index is 14.6. The Hall–Kier alpha value is -2.68. The maximum atomic E-state index is 14.6. The molecule has 2 aromatic heterocycles. The fraction of sp³-hybridized carbons (Fsp3) is 0.0952. The summed E-state index contributed by atoms with van der Waals surface area (Å²) in [5.41, 5.74) is 0.919. The lowest BCUT2D eigenvalue weighted by atomic mass is 10.2. The van der Waals surface area contributed by atoms with Crippen LogP contribution in [0.15, 0.2) is 71.2 Å². The van der Waals surface area contributed by atoms with Gasteiger partial charge in [-0.05, 0) is 35.7 Å². The molecule has 0 atom stereocenters. The summed E-state index contributed by atoms with van der Waals surface area (Å²) in [4.78, 5) is 13.4. The summed E-state index contributed by atoms with van der Waals surface area (Å²) in [6.07, 6.45) is 0. The zero-order valence-electron chi connectivity index (χ0n) is 15.6. The molecule has 1 amide bonds. The number of hydrogen-bond acceptors (Lipinski definition) is 5. The highest BCUT2D eigenvalue weighted by Gasteiger charge is 2.20. The first-order valence-electron chi connectivity index (χ1n) is 9.00. The molecular weight excluding hydrogens is 443 g/mol. The minimum absolute atomic E-state index is 0.125. The van der Waals surface area contributed by atoms with Crippen LogP contribution in [0.1, 0.15) is 4.88 Å². The van der Waals surface area contributed by atoms with E-state index in [0.29, 0.717) is 33.8 Å². The molecule has 0 saturated carbocycles. The van der Waals surface area contributed by atoms with Crippen LogP contribution in [0.3, 0.4) is 0 Å². The average molecular weight is 459 g/mol. The molecule has 0 spiro atoms. The van der Waals surface area contributed by atoms with Gasteiger partial charge in [-0.2, -0.15) is 0 Å². The summed E-state index contributed by atoms with van der Waals surface area (Å²) < 4.78 is 16.2. The largest absolute Gasteiger partial charge is 0.350 e. The number of thiophene rings is 1. The van der Waals surface area contributed by atoms with Gasteiger partial charge >= 0.3 is 0 Å². The number of carbonyl (C=O) groups excluding carboxylic acids is 1. The van der Waals surface area contributed by atoms with E-state index in [1.165, 1.54) is 17.8 Å². The van der Waals surface area contributed by atoms with E-state index in [4.69, 9.17) is 11.6 Å². The third-order valence-corrected chi connectivity index (χ3v) is 6.35. The first kappa shape index (κ1) is 20.6. The van der Waals surface area contributed by atoms with Crippen molar-refractivity contribution in [2.24, 2.45) is 0 Å². The van der Waals surface area contributed by atoms with Crippen molar-refractivity contribution in [2.75, 3.05) is 5.75 Å². The minimum Gasteiger partial charge on any atom is -0.350 e. The van der Waals surface area contributed by atoms with Crippen molar-refractivity contribution in [1.82, 2.24) is 20.1 Å². The number of carbonyl (C=O) groups is 1. The zero-order chi connectivity index (χ0) is 20.9. The van der Waals surface area contributed by atoms with Gasteiger partial charge in [0.05, 0.1) is 23.0 Å². The second-order valence-electron chi connectivity index (χ2n) is 6.22. The number of nitrogens with one attached hydrogen (secondary N) is 1. The number of halogens is 2. The first-order valence-corrected chi connectivity index (χ1v) is 11.2. The molecule has 9 heteroatoms. The number of nitrogens with zero attached hydrogens (tertiary/aromatic N) is 3. The van der Waals surface area contributed by atoms with Gasteiger partial charge in [-0.1, -0.05) is 53.7 Å². The first-order chi connectivity index (χ1) is 14.6.